The molecule has 0 aliphatic heterocycles. The summed E-state index contributed by atoms with van der Waals surface area (Å²) in [5.41, 5.74) is 7.56. The standard InChI is InChI=1S/C9H15N3O/c1-6-4-8(11-12(6)3)5-9(10)7(2)13/h4,9H,5,10H2,1-3H3. The summed E-state index contributed by atoms with van der Waals surface area (Å²) in [6.07, 6.45) is 0.525. The third kappa shape index (κ3) is 2.39. The highest BCUT2D eigenvalue weighted by molar-refractivity contribution is 5.81. The largest absolute Gasteiger partial charge is 0.321 e. The van der Waals surface area contributed by atoms with Gasteiger partial charge in [-0.1, -0.05) is 0 Å². The Morgan fingerprint density at radius 3 is 2.77 bits per heavy atom. The first kappa shape index (κ1) is 9.92. The van der Waals surface area contributed by atoms with Crippen LogP contribution in [0.4, 0.5) is 0 Å². The van der Waals surface area contributed by atoms with Crippen molar-refractivity contribution in [1.82, 2.24) is 9.78 Å². The Balaban J connectivity index is 2.69. The molecule has 0 saturated carbocycles. The van der Waals surface area contributed by atoms with Crippen LogP contribution in [0.5, 0.6) is 0 Å². The van der Waals surface area contributed by atoms with E-state index in [4.69, 9.17) is 5.73 Å². The van der Waals surface area contributed by atoms with Crippen molar-refractivity contribution in [2.24, 2.45) is 12.8 Å². The monoisotopic (exact) mass is 181 g/mol. The number of Topliss-reactive ketones (excluding diaryl/α,β-unsaturated/α-hetero) is 1. The van der Waals surface area contributed by atoms with Crippen molar-refractivity contribution in [1.29, 1.82) is 0 Å². The highest BCUT2D eigenvalue weighted by atomic mass is 16.1. The number of rotatable bonds is 3. The first-order chi connectivity index (χ1) is 6.00. The van der Waals surface area contributed by atoms with Crippen molar-refractivity contribution >= 4 is 5.78 Å². The lowest BCUT2D eigenvalue weighted by molar-refractivity contribution is -0.118. The molecule has 13 heavy (non-hydrogen) atoms. The molecule has 1 rings (SSSR count). The van der Waals surface area contributed by atoms with Crippen LogP contribution in [0.1, 0.15) is 18.3 Å². The first-order valence-corrected chi connectivity index (χ1v) is 4.26. The quantitative estimate of drug-likeness (QED) is 0.724. The minimum atomic E-state index is -0.422. The summed E-state index contributed by atoms with van der Waals surface area (Å²) in [4.78, 5) is 10.9. The molecule has 1 aromatic rings. The molecule has 0 saturated heterocycles. The number of nitrogens with two attached hydrogens (primary N) is 1. The number of hydrogen-bond acceptors (Lipinski definition) is 3. The van der Waals surface area contributed by atoms with Gasteiger partial charge in [-0.2, -0.15) is 5.10 Å². The van der Waals surface area contributed by atoms with E-state index in [1.165, 1.54) is 6.92 Å². The summed E-state index contributed by atoms with van der Waals surface area (Å²) < 4.78 is 1.78. The Labute approximate surface area is 77.7 Å². The predicted molar refractivity (Wildman–Crippen MR) is 50.3 cm³/mol. The molecule has 4 heteroatoms. The van der Waals surface area contributed by atoms with Crippen LogP contribution in [0.2, 0.25) is 0 Å². The molecular formula is C9H15N3O. The fraction of sp³-hybridized carbons (Fsp3) is 0.556. The smallest absolute Gasteiger partial charge is 0.146 e. The Morgan fingerprint density at radius 2 is 2.38 bits per heavy atom. The van der Waals surface area contributed by atoms with Crippen LogP contribution in [0.25, 0.3) is 0 Å². The van der Waals surface area contributed by atoms with Crippen LogP contribution >= 0.6 is 0 Å². The van der Waals surface area contributed by atoms with Crippen LogP contribution in [0.15, 0.2) is 6.07 Å². The zero-order valence-corrected chi connectivity index (χ0v) is 8.24. The predicted octanol–water partition coefficient (Wildman–Crippen LogP) is 0.187. The third-order valence-corrected chi connectivity index (χ3v) is 2.12. The average molecular weight is 181 g/mol. The van der Waals surface area contributed by atoms with Gasteiger partial charge < -0.3 is 5.73 Å². The van der Waals surface area contributed by atoms with E-state index in [1.54, 1.807) is 4.68 Å². The van der Waals surface area contributed by atoms with Crippen molar-refractivity contribution in [3.63, 3.8) is 0 Å². The third-order valence-electron chi connectivity index (χ3n) is 2.12. The van der Waals surface area contributed by atoms with E-state index in [2.05, 4.69) is 5.10 Å². The van der Waals surface area contributed by atoms with Crippen LogP contribution in [-0.2, 0) is 18.3 Å². The molecule has 72 valence electrons. The number of carbonyl (C=O) groups is 1. The molecule has 1 atom stereocenters. The molecule has 0 spiro atoms. The maximum atomic E-state index is 10.9. The molecule has 0 aromatic carbocycles. The molecule has 1 aromatic heterocycles. The molecule has 4 nitrogen and oxygen atoms in total. The first-order valence-electron chi connectivity index (χ1n) is 4.26. The van der Waals surface area contributed by atoms with E-state index in [-0.39, 0.29) is 5.78 Å². The van der Waals surface area contributed by atoms with E-state index in [0.29, 0.717) is 6.42 Å². The molecule has 1 heterocycles. The van der Waals surface area contributed by atoms with Crippen LogP contribution in [0, 0.1) is 6.92 Å². The summed E-state index contributed by atoms with van der Waals surface area (Å²) in [5, 5.41) is 4.22. The lowest BCUT2D eigenvalue weighted by Gasteiger charge is -2.03. The highest BCUT2D eigenvalue weighted by Gasteiger charge is 2.11. The number of ketones is 1. The van der Waals surface area contributed by atoms with Gasteiger partial charge >= 0.3 is 0 Å². The van der Waals surface area contributed by atoms with Crippen molar-refractivity contribution in [3.8, 4) is 0 Å². The van der Waals surface area contributed by atoms with E-state index in [9.17, 15) is 4.79 Å². The van der Waals surface area contributed by atoms with Gasteiger partial charge in [-0.25, -0.2) is 0 Å². The molecule has 0 amide bonds. The fourth-order valence-corrected chi connectivity index (χ4v) is 1.10. The fourth-order valence-electron chi connectivity index (χ4n) is 1.10. The second kappa shape index (κ2) is 3.70. The maximum absolute atomic E-state index is 10.9. The molecule has 2 N–H and O–H groups in total. The van der Waals surface area contributed by atoms with Gasteiger partial charge in [0.25, 0.3) is 0 Å². The summed E-state index contributed by atoms with van der Waals surface area (Å²) in [7, 11) is 1.87. The summed E-state index contributed by atoms with van der Waals surface area (Å²) >= 11 is 0. The Kier molecular flexibility index (Phi) is 2.83. The zero-order chi connectivity index (χ0) is 10.0. The van der Waals surface area contributed by atoms with Crippen molar-refractivity contribution in [2.75, 3.05) is 0 Å². The maximum Gasteiger partial charge on any atom is 0.146 e. The molecule has 0 aliphatic rings. The molecule has 0 aliphatic carbocycles. The number of aryl methyl sites for hydroxylation is 2. The second-order valence-electron chi connectivity index (χ2n) is 3.32. The van der Waals surface area contributed by atoms with Gasteiger partial charge in [0.2, 0.25) is 0 Å². The number of hydrogen-bond donors (Lipinski definition) is 1. The zero-order valence-electron chi connectivity index (χ0n) is 8.24. The lowest BCUT2D eigenvalue weighted by Crippen LogP contribution is -2.30. The van der Waals surface area contributed by atoms with E-state index in [0.717, 1.165) is 11.4 Å². The molecule has 0 radical (unpaired) electrons. The van der Waals surface area contributed by atoms with Gasteiger partial charge in [0.05, 0.1) is 11.7 Å². The Hall–Kier alpha value is -1.16. The molecule has 1 unspecified atom stereocenters. The minimum Gasteiger partial charge on any atom is -0.321 e. The molecule has 0 fully saturated rings. The summed E-state index contributed by atoms with van der Waals surface area (Å²) in [5.74, 6) is 0.00306. The lowest BCUT2D eigenvalue weighted by atomic mass is 10.1. The number of carbonyl (C=O) groups excluding carboxylic acids is 1. The van der Waals surface area contributed by atoms with E-state index >= 15 is 0 Å². The van der Waals surface area contributed by atoms with Gasteiger partial charge in [0.1, 0.15) is 5.78 Å². The van der Waals surface area contributed by atoms with Crippen molar-refractivity contribution < 1.29 is 4.79 Å². The number of aromatic nitrogens is 2. The van der Waals surface area contributed by atoms with E-state index in [1.807, 2.05) is 20.0 Å². The van der Waals surface area contributed by atoms with Gasteiger partial charge in [0, 0.05) is 19.2 Å². The van der Waals surface area contributed by atoms with Crippen molar-refractivity contribution in [2.45, 2.75) is 26.3 Å². The minimum absolute atomic E-state index is 0.00306. The second-order valence-corrected chi connectivity index (χ2v) is 3.32. The number of nitrogens with zero attached hydrogens (tertiary/aromatic N) is 2. The Morgan fingerprint density at radius 1 is 1.77 bits per heavy atom. The van der Waals surface area contributed by atoms with Gasteiger partial charge in [-0.15, -0.1) is 0 Å². The topological polar surface area (TPSA) is 60.9 Å². The molecule has 0 bridgehead atoms. The van der Waals surface area contributed by atoms with E-state index < -0.39 is 6.04 Å². The summed E-state index contributed by atoms with van der Waals surface area (Å²) in [6, 6.07) is 1.53. The van der Waals surface area contributed by atoms with Crippen LogP contribution in [0.3, 0.4) is 0 Å². The highest BCUT2D eigenvalue weighted by Crippen LogP contribution is 2.03. The van der Waals surface area contributed by atoms with Gasteiger partial charge in [-0.05, 0) is 19.9 Å². The Bertz CT molecular complexity index is 297. The van der Waals surface area contributed by atoms with Gasteiger partial charge in [-0.3, -0.25) is 9.48 Å². The normalized spacial score (nSPS) is 12.9. The average Bonchev–Trinajstić information content (AvgIpc) is 2.31. The molecular weight excluding hydrogens is 166 g/mol. The van der Waals surface area contributed by atoms with Crippen LogP contribution in [-0.4, -0.2) is 21.6 Å². The van der Waals surface area contributed by atoms with Crippen LogP contribution < -0.4 is 5.73 Å². The SMILES string of the molecule is CC(=O)C(N)Cc1cc(C)n(C)n1. The summed E-state index contributed by atoms with van der Waals surface area (Å²) in [6.45, 7) is 3.47. The van der Waals surface area contributed by atoms with Gasteiger partial charge in [0.15, 0.2) is 0 Å². The van der Waals surface area contributed by atoms with Crippen molar-refractivity contribution in [3.05, 3.63) is 17.5 Å².